The van der Waals surface area contributed by atoms with E-state index in [0.29, 0.717) is 18.4 Å². The van der Waals surface area contributed by atoms with Gasteiger partial charge in [-0.1, -0.05) is 61.4 Å². The molecule has 0 spiro atoms. The number of aliphatic imine (C=N–C) groups is 1. The summed E-state index contributed by atoms with van der Waals surface area (Å²) in [5.41, 5.74) is 7.52. The first kappa shape index (κ1) is 14.2. The first-order valence-corrected chi connectivity index (χ1v) is 7.66. The predicted molar refractivity (Wildman–Crippen MR) is 90.0 cm³/mol. The van der Waals surface area contributed by atoms with E-state index in [1.54, 1.807) is 0 Å². The molecule has 3 nitrogen and oxygen atoms in total. The molecule has 2 N–H and O–H groups in total. The van der Waals surface area contributed by atoms with Gasteiger partial charge in [-0.2, -0.15) is 0 Å². The maximum Gasteiger partial charge on any atom is 0.159 e. The highest BCUT2D eigenvalue weighted by Gasteiger charge is 2.50. The van der Waals surface area contributed by atoms with Crippen molar-refractivity contribution in [1.29, 1.82) is 0 Å². The highest BCUT2D eigenvalue weighted by atomic mass is 32.2. The normalized spacial score (nSPS) is 37.6. The predicted octanol–water partition coefficient (Wildman–Crippen LogP) is 3.11. The lowest BCUT2D eigenvalue weighted by atomic mass is 9.79. The van der Waals surface area contributed by atoms with Crippen LogP contribution < -0.4 is 5.73 Å². The molecule has 3 aliphatic rings. The minimum absolute atomic E-state index is 0.146. The van der Waals surface area contributed by atoms with Crippen molar-refractivity contribution >= 4 is 16.9 Å². The Morgan fingerprint density at radius 1 is 1.24 bits per heavy atom. The molecule has 1 fully saturated rings. The van der Waals surface area contributed by atoms with Gasteiger partial charge in [0.1, 0.15) is 5.54 Å². The van der Waals surface area contributed by atoms with Crippen molar-refractivity contribution in [2.75, 3.05) is 13.2 Å². The highest BCUT2D eigenvalue weighted by Crippen LogP contribution is 2.47. The number of allylic oxidation sites excluding steroid dienone is 7. The van der Waals surface area contributed by atoms with E-state index in [0.717, 1.165) is 16.1 Å². The van der Waals surface area contributed by atoms with E-state index in [1.807, 2.05) is 30.4 Å². The van der Waals surface area contributed by atoms with Gasteiger partial charge in [-0.05, 0) is 22.1 Å². The van der Waals surface area contributed by atoms with Gasteiger partial charge in [-0.25, -0.2) is 4.99 Å². The largest absolute Gasteiger partial charge is 0.378 e. The number of amidine groups is 1. The summed E-state index contributed by atoms with van der Waals surface area (Å²) in [5.74, 6) is 0.146. The summed E-state index contributed by atoms with van der Waals surface area (Å²) in [6, 6.07) is 0. The maximum absolute atomic E-state index is 6.00. The Hall–Kier alpha value is -1.78. The van der Waals surface area contributed by atoms with Gasteiger partial charge in [-0.3, -0.25) is 0 Å². The number of ether oxygens (including phenoxy) is 1. The van der Waals surface area contributed by atoms with Crippen LogP contribution in [0.1, 0.15) is 0 Å². The van der Waals surface area contributed by atoms with Gasteiger partial charge >= 0.3 is 0 Å². The first-order valence-electron chi connectivity index (χ1n) is 6.84. The van der Waals surface area contributed by atoms with Crippen molar-refractivity contribution in [2.24, 2.45) is 16.6 Å². The molecule has 0 radical (unpaired) electrons. The fourth-order valence-electron chi connectivity index (χ4n) is 2.85. The third-order valence-corrected chi connectivity index (χ3v) is 4.72. The van der Waals surface area contributed by atoms with Gasteiger partial charge in [-0.15, -0.1) is 0 Å². The van der Waals surface area contributed by atoms with E-state index < -0.39 is 5.54 Å². The summed E-state index contributed by atoms with van der Waals surface area (Å²) in [7, 11) is 0. The summed E-state index contributed by atoms with van der Waals surface area (Å²) in [6.07, 6.45) is 14.0. The Labute approximate surface area is 129 Å². The van der Waals surface area contributed by atoms with Crippen LogP contribution in [0.4, 0.5) is 0 Å². The fraction of sp³-hybridized carbons (Fsp3) is 0.235. The highest BCUT2D eigenvalue weighted by molar-refractivity contribution is 8.17. The Kier molecular flexibility index (Phi) is 3.74. The van der Waals surface area contributed by atoms with Gasteiger partial charge in [0.2, 0.25) is 0 Å². The first-order chi connectivity index (χ1) is 10.1. The summed E-state index contributed by atoms with van der Waals surface area (Å²) < 4.78 is 5.73. The number of rotatable bonds is 1. The Morgan fingerprint density at radius 2 is 2.00 bits per heavy atom. The van der Waals surface area contributed by atoms with Crippen molar-refractivity contribution in [3.63, 3.8) is 0 Å². The van der Waals surface area contributed by atoms with Gasteiger partial charge in [0, 0.05) is 5.92 Å². The average Bonchev–Trinajstić information content (AvgIpc) is 2.88. The van der Waals surface area contributed by atoms with E-state index in [9.17, 15) is 0 Å². The molecule has 2 aliphatic heterocycles. The summed E-state index contributed by atoms with van der Waals surface area (Å²) >= 11 is 1.45. The van der Waals surface area contributed by atoms with E-state index in [-0.39, 0.29) is 5.92 Å². The molecular weight excluding hydrogens is 280 g/mol. The number of hydrogen-bond donors (Lipinski definition) is 1. The minimum atomic E-state index is -0.474. The molecule has 3 rings (SSSR count). The van der Waals surface area contributed by atoms with Crippen molar-refractivity contribution in [3.8, 4) is 0 Å². The molecule has 1 saturated heterocycles. The number of hydrogen-bond acceptors (Lipinski definition) is 4. The van der Waals surface area contributed by atoms with Crippen molar-refractivity contribution in [1.82, 2.24) is 0 Å². The Balaban J connectivity index is 2.12. The Bertz CT molecular complexity index is 639. The summed E-state index contributed by atoms with van der Waals surface area (Å²) in [6.45, 7) is 9.37. The number of fused-ring (bicyclic) bond motifs is 1. The molecule has 0 aromatic rings. The smallest absolute Gasteiger partial charge is 0.159 e. The number of nitrogens with zero attached hydrogens (tertiary/aromatic N) is 1. The number of thioether (sulfide) groups is 1. The molecule has 0 amide bonds. The molecule has 108 valence electrons. The van der Waals surface area contributed by atoms with Crippen LogP contribution in [0.25, 0.3) is 0 Å². The van der Waals surface area contributed by atoms with E-state index in [2.05, 4.69) is 25.3 Å². The van der Waals surface area contributed by atoms with Crippen LogP contribution in [0.5, 0.6) is 0 Å². The van der Waals surface area contributed by atoms with Gasteiger partial charge in [0.25, 0.3) is 0 Å². The SMILES string of the molecule is C=C1C=C/C=C/C=C\C(C23COCC2C(=C)SC(N)=N3)=C/1. The lowest BCUT2D eigenvalue weighted by Crippen LogP contribution is -2.42. The summed E-state index contributed by atoms with van der Waals surface area (Å²) in [4.78, 5) is 5.77. The van der Waals surface area contributed by atoms with Gasteiger partial charge in [0.15, 0.2) is 5.17 Å². The lowest BCUT2D eigenvalue weighted by Gasteiger charge is -2.36. The molecule has 1 aliphatic carbocycles. The molecule has 0 bridgehead atoms. The van der Waals surface area contributed by atoms with E-state index >= 15 is 0 Å². The van der Waals surface area contributed by atoms with Crippen LogP contribution >= 0.6 is 11.8 Å². The van der Waals surface area contributed by atoms with Crippen LogP contribution in [0.3, 0.4) is 0 Å². The molecule has 2 atom stereocenters. The molecule has 0 aromatic heterocycles. The van der Waals surface area contributed by atoms with Crippen molar-refractivity contribution in [2.45, 2.75) is 5.54 Å². The van der Waals surface area contributed by atoms with Crippen LogP contribution in [-0.4, -0.2) is 23.9 Å². The molecule has 2 heterocycles. The second kappa shape index (κ2) is 5.54. The minimum Gasteiger partial charge on any atom is -0.378 e. The summed E-state index contributed by atoms with van der Waals surface area (Å²) in [5, 5.41) is 0.549. The van der Waals surface area contributed by atoms with Crippen LogP contribution in [0, 0.1) is 5.92 Å². The zero-order chi connectivity index (χ0) is 14.9. The van der Waals surface area contributed by atoms with Gasteiger partial charge in [0.05, 0.1) is 13.2 Å². The molecule has 2 unspecified atom stereocenters. The Morgan fingerprint density at radius 3 is 2.81 bits per heavy atom. The molecular formula is C17H18N2OS. The molecule has 0 saturated carbocycles. The monoisotopic (exact) mass is 298 g/mol. The van der Waals surface area contributed by atoms with Crippen LogP contribution in [0.15, 0.2) is 76.7 Å². The zero-order valence-corrected chi connectivity index (χ0v) is 12.6. The van der Waals surface area contributed by atoms with E-state index in [1.165, 1.54) is 11.8 Å². The number of nitrogens with two attached hydrogens (primary N) is 1. The maximum atomic E-state index is 6.00. The second-order valence-electron chi connectivity index (χ2n) is 5.29. The molecule has 0 aromatic carbocycles. The van der Waals surface area contributed by atoms with Crippen LogP contribution in [0.2, 0.25) is 0 Å². The third kappa shape index (κ3) is 2.57. The lowest BCUT2D eigenvalue weighted by molar-refractivity contribution is 0.182. The van der Waals surface area contributed by atoms with Crippen molar-refractivity contribution in [3.05, 3.63) is 71.7 Å². The topological polar surface area (TPSA) is 47.6 Å². The van der Waals surface area contributed by atoms with E-state index in [4.69, 9.17) is 15.5 Å². The molecule has 21 heavy (non-hydrogen) atoms. The standard InChI is InChI=1S/C17H18N2OS/c1-12-7-5-3-4-6-8-14(9-12)17-11-20-10-15(17)13(2)21-16(18)19-17/h3-9,15H,1-2,10-11H2,(H2,18,19)/b4-3+,7-5?,8-6-,14-9+. The van der Waals surface area contributed by atoms with Crippen molar-refractivity contribution < 1.29 is 4.74 Å². The third-order valence-electron chi connectivity index (χ3n) is 3.88. The zero-order valence-electron chi connectivity index (χ0n) is 11.8. The van der Waals surface area contributed by atoms with Crippen LogP contribution in [-0.2, 0) is 4.74 Å². The van der Waals surface area contributed by atoms with Gasteiger partial charge < -0.3 is 10.5 Å². The molecule has 4 heteroatoms. The fourth-order valence-corrected chi connectivity index (χ4v) is 3.73. The quantitative estimate of drug-likeness (QED) is 0.809. The average molecular weight is 298 g/mol. The second-order valence-corrected chi connectivity index (χ2v) is 6.43.